The maximum absolute atomic E-state index is 9.05. The van der Waals surface area contributed by atoms with Crippen LogP contribution in [0.25, 0.3) is 0 Å². The Balaban J connectivity index is -0.0000000800. The van der Waals surface area contributed by atoms with Gasteiger partial charge < -0.3 is 0 Å². The van der Waals surface area contributed by atoms with E-state index < -0.39 is 9.15 Å². The zero-order valence-corrected chi connectivity index (χ0v) is 5.61. The minimum atomic E-state index is -3.97. The number of rotatable bonds is 0. The average Bonchev–Trinajstić information content (AvgIpc) is 0.722. The summed E-state index contributed by atoms with van der Waals surface area (Å²) in [5.41, 5.74) is 0. The molecule has 0 bridgehead atoms. The van der Waals surface area contributed by atoms with E-state index >= 15 is 0 Å². The molecule has 0 aromatic carbocycles. The molecule has 0 aliphatic rings. The quantitative estimate of drug-likeness (QED) is 0.251. The van der Waals surface area contributed by atoms with Gasteiger partial charge in [-0.15, -0.1) is 0 Å². The van der Waals surface area contributed by atoms with Gasteiger partial charge in [0.15, 0.2) is 0 Å². The van der Waals surface area contributed by atoms with Crippen LogP contribution in [0, 0.1) is 0 Å². The third-order valence-electron chi connectivity index (χ3n) is 0. The summed E-state index contributed by atoms with van der Waals surface area (Å²) in [4.78, 5) is 0. The van der Waals surface area contributed by atoms with Gasteiger partial charge in [-0.1, -0.05) is 0 Å². The van der Waals surface area contributed by atoms with E-state index in [0.29, 0.717) is 0 Å². The van der Waals surface area contributed by atoms with E-state index in [2.05, 4.69) is 11.7 Å². The van der Waals surface area contributed by atoms with Crippen molar-refractivity contribution in [2.24, 2.45) is 0 Å². The van der Waals surface area contributed by atoms with E-state index in [0.717, 1.165) is 0 Å². The van der Waals surface area contributed by atoms with Crippen LogP contribution in [-0.4, -0.2) is 42.5 Å². The van der Waals surface area contributed by atoms with Crippen LogP contribution >= 0.6 is 11.7 Å². The molecule has 1 N–H and O–H groups in total. The Kier molecular flexibility index (Phi) is 14.0. The summed E-state index contributed by atoms with van der Waals surface area (Å²) in [6.07, 6.45) is 0. The number of hydrogen-bond donors (Lipinski definition) is 2. The van der Waals surface area contributed by atoms with Crippen LogP contribution in [0.15, 0.2) is 0 Å². The zero-order chi connectivity index (χ0) is 4.50. The Morgan fingerprint density at radius 3 is 1.43 bits per heavy atom. The van der Waals surface area contributed by atoms with Gasteiger partial charge in [0.25, 0.3) is 0 Å². The van der Waals surface area contributed by atoms with E-state index in [1.807, 2.05) is 0 Å². The Bertz CT molecular complexity index is 96.1. The van der Waals surface area contributed by atoms with Gasteiger partial charge in [-0.05, 0) is 11.7 Å². The summed E-state index contributed by atoms with van der Waals surface area (Å²) >= 11 is 2.65. The summed E-state index contributed by atoms with van der Waals surface area (Å²) in [7, 11) is -3.97. The van der Waals surface area contributed by atoms with Crippen LogP contribution in [-0.2, 0) is 31.5 Å². The second-order valence-electron chi connectivity index (χ2n) is 0.448. The molecule has 3 nitrogen and oxygen atoms in total. The first kappa shape index (κ1) is 16.0. The fourth-order valence-electron chi connectivity index (χ4n) is 0. The number of hydrogen-bond acceptors (Lipinski definition) is 2. The molecule has 0 aliphatic heterocycles. The fourth-order valence-corrected chi connectivity index (χ4v) is 0. The Hall–Kier alpha value is 2.00. The molecular weight excluding hydrogens is 243 g/mol. The molecule has 0 unspecified atom stereocenters. The van der Waals surface area contributed by atoms with Crippen LogP contribution in [0.3, 0.4) is 0 Å². The SMILES string of the molecule is O=S(=O)(O)S.[Ag].[NaH]. The van der Waals surface area contributed by atoms with Crippen molar-refractivity contribution >= 4 is 50.4 Å². The topological polar surface area (TPSA) is 54.4 Å². The van der Waals surface area contributed by atoms with E-state index in [1.54, 1.807) is 0 Å². The van der Waals surface area contributed by atoms with Gasteiger partial charge in [-0.3, -0.25) is 4.55 Å². The first-order valence-electron chi connectivity index (χ1n) is 0.698. The zero-order valence-electron chi connectivity index (χ0n) is 2.42. The van der Waals surface area contributed by atoms with Crippen molar-refractivity contribution in [2.75, 3.05) is 0 Å². The van der Waals surface area contributed by atoms with Crippen LogP contribution in [0.1, 0.15) is 0 Å². The van der Waals surface area contributed by atoms with Crippen molar-refractivity contribution in [1.82, 2.24) is 0 Å². The molecule has 0 spiro atoms. The van der Waals surface area contributed by atoms with Gasteiger partial charge in [0.1, 0.15) is 0 Å². The Labute approximate surface area is 84.6 Å². The Morgan fingerprint density at radius 2 is 1.43 bits per heavy atom. The fraction of sp³-hybridized carbons (Fsp3) is 0. The van der Waals surface area contributed by atoms with E-state index in [-0.39, 0.29) is 51.9 Å². The summed E-state index contributed by atoms with van der Waals surface area (Å²) in [6, 6.07) is 0. The molecule has 0 saturated carbocycles. The van der Waals surface area contributed by atoms with Crippen LogP contribution in [0.5, 0.6) is 0 Å². The molecule has 0 fully saturated rings. The molecule has 0 atom stereocenters. The molecule has 0 rings (SSSR count). The molecule has 7 heavy (non-hydrogen) atoms. The van der Waals surface area contributed by atoms with Crippen molar-refractivity contribution in [2.45, 2.75) is 0 Å². The first-order valence-corrected chi connectivity index (χ1v) is 3.19. The maximum atomic E-state index is 9.05. The van der Waals surface area contributed by atoms with E-state index in [9.17, 15) is 0 Å². The van der Waals surface area contributed by atoms with Gasteiger partial charge in [0.2, 0.25) is 0 Å². The van der Waals surface area contributed by atoms with Gasteiger partial charge in [0, 0.05) is 22.4 Å². The molecule has 45 valence electrons. The van der Waals surface area contributed by atoms with E-state index in [1.165, 1.54) is 0 Å². The summed E-state index contributed by atoms with van der Waals surface area (Å²) in [5.74, 6) is 0. The molecule has 7 heteroatoms. The molecule has 0 aromatic rings. The molecule has 0 aliphatic carbocycles. The van der Waals surface area contributed by atoms with E-state index in [4.69, 9.17) is 13.0 Å². The molecule has 1 radical (unpaired) electrons. The van der Waals surface area contributed by atoms with Crippen molar-refractivity contribution in [3.8, 4) is 0 Å². The van der Waals surface area contributed by atoms with Crippen molar-refractivity contribution in [1.29, 1.82) is 0 Å². The Morgan fingerprint density at radius 1 is 1.43 bits per heavy atom. The van der Waals surface area contributed by atoms with Gasteiger partial charge in [-0.25, -0.2) is 0 Å². The second-order valence-corrected chi connectivity index (χ2v) is 2.73. The predicted octanol–water partition coefficient (Wildman–Crippen LogP) is -0.932. The number of thiol groups is 1. The van der Waals surface area contributed by atoms with Crippen molar-refractivity contribution < 1.29 is 35.4 Å². The molecule has 0 amide bonds. The summed E-state index contributed by atoms with van der Waals surface area (Å²) in [6.45, 7) is 0. The van der Waals surface area contributed by atoms with Gasteiger partial charge in [-0.2, -0.15) is 8.42 Å². The third kappa shape index (κ3) is 72.0. The second kappa shape index (κ2) is 6.13. The average molecular weight is 246 g/mol. The monoisotopic (exact) mass is 245 g/mol. The predicted molar refractivity (Wildman–Crippen MR) is 27.7 cm³/mol. The van der Waals surface area contributed by atoms with Crippen LogP contribution < -0.4 is 0 Å². The first-order chi connectivity index (χ1) is 2.00. The van der Waals surface area contributed by atoms with Gasteiger partial charge >= 0.3 is 38.7 Å². The van der Waals surface area contributed by atoms with Gasteiger partial charge in [0.05, 0.1) is 0 Å². The molecule has 0 saturated heterocycles. The molecule has 0 aromatic heterocycles. The minimum absolute atomic E-state index is 0. The van der Waals surface area contributed by atoms with Crippen LogP contribution in [0.4, 0.5) is 0 Å². The van der Waals surface area contributed by atoms with Crippen molar-refractivity contribution in [3.63, 3.8) is 0 Å². The molecular formula is H3AgNaO3S2. The summed E-state index contributed by atoms with van der Waals surface area (Å²) in [5, 5.41) is 0. The standard InChI is InChI=1S/Ag.Na.H2O3S2.H/c;;1-5(2,3)4;/h;;(H2,1,2,3,4);. The third-order valence-corrected chi connectivity index (χ3v) is 0. The van der Waals surface area contributed by atoms with Crippen LogP contribution in [0.2, 0.25) is 0 Å². The normalized spacial score (nSPS) is 8.29. The molecule has 0 heterocycles. The summed E-state index contributed by atoms with van der Waals surface area (Å²) < 4.78 is 25.5. The van der Waals surface area contributed by atoms with Crippen molar-refractivity contribution in [3.05, 3.63) is 0 Å².